The highest BCUT2D eigenvalue weighted by molar-refractivity contribution is 7.70. The maximum atomic E-state index is 11.0. The van der Waals surface area contributed by atoms with Gasteiger partial charge in [0.25, 0.3) is 0 Å². The maximum absolute atomic E-state index is 11.0. The van der Waals surface area contributed by atoms with Gasteiger partial charge in [-0.05, 0) is 6.08 Å². The third-order valence-electron chi connectivity index (χ3n) is 2.20. The monoisotopic (exact) mass is 284 g/mol. The van der Waals surface area contributed by atoms with Crippen molar-refractivity contribution in [2.24, 2.45) is 4.99 Å². The molecule has 1 rings (SSSR count). The predicted molar refractivity (Wildman–Crippen MR) is 61.7 cm³/mol. The Morgan fingerprint density at radius 2 is 1.88 bits per heavy atom. The van der Waals surface area contributed by atoms with E-state index < -0.39 is 27.0 Å². The molecule has 1 heterocycles. The summed E-state index contributed by atoms with van der Waals surface area (Å²) in [5.74, 6) is 0. The largest absolute Gasteiger partial charge is 0.362 e. The number of aliphatic imine (C=N–C) groups is 1. The van der Waals surface area contributed by atoms with E-state index in [0.29, 0.717) is 6.54 Å². The minimum atomic E-state index is -4.87. The lowest BCUT2D eigenvalue weighted by Crippen LogP contribution is -2.20. The molecule has 0 aromatic heterocycles. The standard InChI is InChI=1S/C7H14N2O6P2/c1-9-3-2-6(8-5-9)4-7(16(10,11)12)17(13,14)15/h2,5,7H,3-4H2,1H3,(H2,10,11,12)(H2,13,14,15). The lowest BCUT2D eigenvalue weighted by Gasteiger charge is -2.22. The van der Waals surface area contributed by atoms with Crippen LogP contribution in [-0.2, 0) is 9.13 Å². The molecule has 1 aliphatic rings. The third-order valence-corrected chi connectivity index (χ3v) is 5.93. The molecule has 0 amide bonds. The summed E-state index contributed by atoms with van der Waals surface area (Å²) in [6.07, 6.45) is 2.56. The number of hydrogen-bond donors (Lipinski definition) is 4. The molecule has 0 saturated carbocycles. The molecule has 0 bridgehead atoms. The van der Waals surface area contributed by atoms with Crippen molar-refractivity contribution in [3.63, 3.8) is 0 Å². The van der Waals surface area contributed by atoms with Gasteiger partial charge in [0.05, 0.1) is 6.34 Å². The lowest BCUT2D eigenvalue weighted by molar-refractivity contribution is 0.337. The van der Waals surface area contributed by atoms with Gasteiger partial charge in [0.1, 0.15) is 0 Å². The second-order valence-electron chi connectivity index (χ2n) is 3.74. The molecule has 0 spiro atoms. The number of hydrogen-bond acceptors (Lipinski definition) is 4. The summed E-state index contributed by atoms with van der Waals surface area (Å²) in [6, 6.07) is 0. The van der Waals surface area contributed by atoms with Crippen LogP contribution < -0.4 is 0 Å². The van der Waals surface area contributed by atoms with Crippen molar-refractivity contribution in [2.75, 3.05) is 13.6 Å². The van der Waals surface area contributed by atoms with E-state index in [1.807, 2.05) is 0 Å². The van der Waals surface area contributed by atoms with Gasteiger partial charge in [0, 0.05) is 25.7 Å². The molecule has 17 heavy (non-hydrogen) atoms. The van der Waals surface area contributed by atoms with Crippen molar-refractivity contribution in [1.82, 2.24) is 4.90 Å². The van der Waals surface area contributed by atoms with E-state index >= 15 is 0 Å². The van der Waals surface area contributed by atoms with Crippen LogP contribution in [0.4, 0.5) is 0 Å². The van der Waals surface area contributed by atoms with Crippen LogP contribution in [0.2, 0.25) is 0 Å². The number of likely N-dealkylation sites (N-methyl/N-ethyl adjacent to an activating group) is 1. The Hall–Kier alpha value is -0.490. The van der Waals surface area contributed by atoms with Crippen LogP contribution in [-0.4, -0.2) is 49.8 Å². The average molecular weight is 284 g/mol. The Morgan fingerprint density at radius 3 is 2.24 bits per heavy atom. The Balaban J connectivity index is 2.87. The Kier molecular flexibility index (Phi) is 4.30. The fourth-order valence-electron chi connectivity index (χ4n) is 1.28. The summed E-state index contributed by atoms with van der Waals surface area (Å²) < 4.78 is 22.1. The second-order valence-corrected chi connectivity index (χ2v) is 7.75. The van der Waals surface area contributed by atoms with Gasteiger partial charge in [-0.25, -0.2) is 4.99 Å². The van der Waals surface area contributed by atoms with Crippen LogP contribution >= 0.6 is 15.2 Å². The van der Waals surface area contributed by atoms with Gasteiger partial charge in [-0.2, -0.15) is 0 Å². The van der Waals surface area contributed by atoms with Crippen LogP contribution in [0.15, 0.2) is 16.8 Å². The van der Waals surface area contributed by atoms with E-state index in [0.717, 1.165) is 0 Å². The van der Waals surface area contributed by atoms with Gasteiger partial charge >= 0.3 is 15.2 Å². The van der Waals surface area contributed by atoms with E-state index in [2.05, 4.69) is 4.99 Å². The lowest BCUT2D eigenvalue weighted by atomic mass is 10.3. The van der Waals surface area contributed by atoms with Gasteiger partial charge < -0.3 is 24.5 Å². The van der Waals surface area contributed by atoms with Gasteiger partial charge in [-0.15, -0.1) is 0 Å². The van der Waals surface area contributed by atoms with Crippen molar-refractivity contribution < 1.29 is 28.7 Å². The zero-order valence-corrected chi connectivity index (χ0v) is 10.8. The molecule has 8 nitrogen and oxygen atoms in total. The zero-order valence-electron chi connectivity index (χ0n) is 9.04. The number of allylic oxidation sites excluding steroid dienone is 1. The summed E-state index contributed by atoms with van der Waals surface area (Å²) in [4.78, 5) is 41.3. The molecule has 0 aromatic carbocycles. The highest BCUT2D eigenvalue weighted by Gasteiger charge is 2.43. The highest BCUT2D eigenvalue weighted by atomic mass is 31.2. The fourth-order valence-corrected chi connectivity index (χ4v) is 3.70. The first-order valence-corrected chi connectivity index (χ1v) is 8.01. The van der Waals surface area contributed by atoms with E-state index in [-0.39, 0.29) is 5.70 Å². The molecule has 0 unspecified atom stereocenters. The molecule has 98 valence electrons. The van der Waals surface area contributed by atoms with Gasteiger partial charge in [0.2, 0.25) is 0 Å². The van der Waals surface area contributed by atoms with Crippen LogP contribution in [0.25, 0.3) is 0 Å². The van der Waals surface area contributed by atoms with Crippen molar-refractivity contribution in [1.29, 1.82) is 0 Å². The zero-order chi connectivity index (χ0) is 13.3. The Labute approximate surface area is 98.0 Å². The molecular weight excluding hydrogens is 270 g/mol. The minimum Gasteiger partial charge on any atom is -0.362 e. The summed E-state index contributed by atoms with van der Waals surface area (Å²) in [6.45, 7) is 0.480. The van der Waals surface area contributed by atoms with E-state index in [9.17, 15) is 9.13 Å². The van der Waals surface area contributed by atoms with Gasteiger partial charge in [-0.1, -0.05) is 0 Å². The van der Waals surface area contributed by atoms with Crippen LogP contribution in [0, 0.1) is 0 Å². The molecule has 0 saturated heterocycles. The molecule has 4 N–H and O–H groups in total. The smallest absolute Gasteiger partial charge is 0.341 e. The Bertz CT molecular complexity index is 414. The quantitative estimate of drug-likeness (QED) is 0.531. The van der Waals surface area contributed by atoms with Crippen LogP contribution in [0.3, 0.4) is 0 Å². The SMILES string of the molecule is CN1C=NC(CC(P(=O)(O)O)P(=O)(O)O)=CC1. The first-order valence-electron chi connectivity index (χ1n) is 4.64. The van der Waals surface area contributed by atoms with Crippen LogP contribution in [0.5, 0.6) is 0 Å². The molecule has 0 aliphatic carbocycles. The van der Waals surface area contributed by atoms with Crippen molar-refractivity contribution in [3.8, 4) is 0 Å². The molecule has 10 heteroatoms. The molecule has 1 aliphatic heterocycles. The van der Waals surface area contributed by atoms with E-state index in [1.165, 1.54) is 6.34 Å². The fraction of sp³-hybridized carbons (Fsp3) is 0.571. The van der Waals surface area contributed by atoms with E-state index in [1.54, 1.807) is 18.0 Å². The molecule has 0 radical (unpaired) electrons. The van der Waals surface area contributed by atoms with Crippen molar-refractivity contribution in [3.05, 3.63) is 11.8 Å². The van der Waals surface area contributed by atoms with Gasteiger partial charge in [0.15, 0.2) is 5.40 Å². The number of rotatable bonds is 4. The molecule has 0 atom stereocenters. The summed E-state index contributed by atoms with van der Waals surface area (Å²) in [7, 11) is -7.99. The maximum Gasteiger partial charge on any atom is 0.341 e. The normalized spacial score (nSPS) is 17.5. The topological polar surface area (TPSA) is 131 Å². The third kappa shape index (κ3) is 4.35. The molecule has 0 fully saturated rings. The predicted octanol–water partition coefficient (Wildman–Crippen LogP) is -0.0844. The molecule has 0 aromatic rings. The van der Waals surface area contributed by atoms with Crippen molar-refractivity contribution >= 4 is 21.5 Å². The highest BCUT2D eigenvalue weighted by Crippen LogP contribution is 2.62. The van der Waals surface area contributed by atoms with Crippen molar-refractivity contribution in [2.45, 2.75) is 11.8 Å². The van der Waals surface area contributed by atoms with E-state index in [4.69, 9.17) is 19.6 Å². The van der Waals surface area contributed by atoms with Crippen LogP contribution in [0.1, 0.15) is 6.42 Å². The average Bonchev–Trinajstić information content (AvgIpc) is 2.13. The first kappa shape index (κ1) is 14.6. The summed E-state index contributed by atoms with van der Waals surface area (Å²) in [5.41, 5.74) is 0.264. The molecular formula is C7H14N2O6P2. The Morgan fingerprint density at radius 1 is 1.35 bits per heavy atom. The van der Waals surface area contributed by atoms with Gasteiger partial charge in [-0.3, -0.25) is 9.13 Å². The minimum absolute atomic E-state index is 0.264. The summed E-state index contributed by atoms with van der Waals surface area (Å²) >= 11 is 0. The second kappa shape index (κ2) is 5.02. The summed E-state index contributed by atoms with van der Waals surface area (Å²) in [5, 5.41) is -2.03. The number of nitrogens with zero attached hydrogens (tertiary/aromatic N) is 2. The first-order chi connectivity index (χ1) is 7.60.